The third-order valence-electron chi connectivity index (χ3n) is 2.94. The molecule has 1 amide bonds. The molecule has 5 heteroatoms. The van der Waals surface area contributed by atoms with Gasteiger partial charge in [0.15, 0.2) is 0 Å². The van der Waals surface area contributed by atoms with E-state index in [0.29, 0.717) is 10.8 Å². The van der Waals surface area contributed by atoms with Crippen LogP contribution in [0.25, 0.3) is 10.8 Å². The molecule has 1 aromatic carbocycles. The number of halogens is 1. The molecule has 1 atom stereocenters. The molecule has 0 radical (unpaired) electrons. The number of amides is 1. The van der Waals surface area contributed by atoms with Crippen molar-refractivity contribution >= 4 is 28.3 Å². The summed E-state index contributed by atoms with van der Waals surface area (Å²) in [7, 11) is 3.93. The molecule has 4 nitrogen and oxygen atoms in total. The van der Waals surface area contributed by atoms with Gasteiger partial charge in [-0.1, -0.05) is 35.9 Å². The second-order valence-corrected chi connectivity index (χ2v) is 5.51. The third-order valence-corrected chi connectivity index (χ3v) is 3.23. The van der Waals surface area contributed by atoms with Crippen LogP contribution in [0.15, 0.2) is 30.3 Å². The Morgan fingerprint density at radius 2 is 2.10 bits per heavy atom. The summed E-state index contributed by atoms with van der Waals surface area (Å²) in [6.45, 7) is 2.73. The normalized spacial score (nSPS) is 12.7. The van der Waals surface area contributed by atoms with Gasteiger partial charge in [-0.3, -0.25) is 4.79 Å². The molecule has 0 aliphatic carbocycles. The molecule has 0 spiro atoms. The van der Waals surface area contributed by atoms with Gasteiger partial charge in [-0.25, -0.2) is 4.98 Å². The summed E-state index contributed by atoms with van der Waals surface area (Å²) in [6.07, 6.45) is 0. The number of carbonyl (C=O) groups is 1. The molecule has 1 N–H and O–H groups in total. The van der Waals surface area contributed by atoms with Crippen LogP contribution in [0, 0.1) is 0 Å². The number of aromatic nitrogens is 1. The Kier molecular flexibility index (Phi) is 4.57. The maximum absolute atomic E-state index is 12.2. The average Bonchev–Trinajstić information content (AvgIpc) is 2.37. The summed E-state index contributed by atoms with van der Waals surface area (Å²) in [5.74, 6) is -0.202. The molecule has 2 rings (SSSR count). The van der Waals surface area contributed by atoms with Gasteiger partial charge in [0.25, 0.3) is 5.91 Å². The van der Waals surface area contributed by atoms with E-state index in [1.165, 1.54) is 0 Å². The van der Waals surface area contributed by atoms with E-state index >= 15 is 0 Å². The van der Waals surface area contributed by atoms with Crippen LogP contribution in [0.5, 0.6) is 0 Å². The van der Waals surface area contributed by atoms with Crippen molar-refractivity contribution in [2.75, 3.05) is 20.6 Å². The predicted molar refractivity (Wildman–Crippen MR) is 82.2 cm³/mol. The zero-order chi connectivity index (χ0) is 14.7. The number of nitrogens with zero attached hydrogens (tertiary/aromatic N) is 2. The molecular weight excluding hydrogens is 274 g/mol. The Hall–Kier alpha value is -1.65. The number of carbonyl (C=O) groups excluding carboxylic acids is 1. The molecule has 0 aliphatic rings. The van der Waals surface area contributed by atoms with Crippen LogP contribution < -0.4 is 5.32 Å². The maximum Gasteiger partial charge on any atom is 0.270 e. The number of likely N-dealkylation sites (N-methyl/N-ethyl adjacent to an activating group) is 1. The van der Waals surface area contributed by atoms with E-state index in [9.17, 15) is 4.79 Å². The number of hydrogen-bond acceptors (Lipinski definition) is 3. The first-order valence-corrected chi connectivity index (χ1v) is 6.86. The topological polar surface area (TPSA) is 45.2 Å². The number of benzene rings is 1. The number of nitrogens with one attached hydrogen (secondary N) is 1. The first kappa shape index (κ1) is 14.8. The minimum Gasteiger partial charge on any atom is -0.347 e. The van der Waals surface area contributed by atoms with Crippen molar-refractivity contribution in [3.63, 3.8) is 0 Å². The fraction of sp³-hybridized carbons (Fsp3) is 0.333. The highest BCUT2D eigenvalue weighted by Gasteiger charge is 2.14. The molecule has 106 valence electrons. The highest BCUT2D eigenvalue weighted by Crippen LogP contribution is 2.22. The van der Waals surface area contributed by atoms with Crippen molar-refractivity contribution < 1.29 is 4.79 Å². The van der Waals surface area contributed by atoms with E-state index in [-0.39, 0.29) is 11.9 Å². The molecule has 0 saturated carbocycles. The summed E-state index contributed by atoms with van der Waals surface area (Å²) >= 11 is 6.13. The molecule has 1 heterocycles. The van der Waals surface area contributed by atoms with Crippen molar-refractivity contribution in [3.05, 3.63) is 41.2 Å². The van der Waals surface area contributed by atoms with E-state index < -0.39 is 0 Å². The van der Waals surface area contributed by atoms with Crippen LogP contribution in [0.3, 0.4) is 0 Å². The van der Waals surface area contributed by atoms with E-state index in [1.54, 1.807) is 6.07 Å². The summed E-state index contributed by atoms with van der Waals surface area (Å²) in [4.78, 5) is 18.4. The Balaban J connectivity index is 2.22. The Morgan fingerprint density at radius 3 is 2.80 bits per heavy atom. The van der Waals surface area contributed by atoms with Gasteiger partial charge in [0.1, 0.15) is 10.8 Å². The lowest BCUT2D eigenvalue weighted by molar-refractivity contribution is 0.0929. The fourth-order valence-corrected chi connectivity index (χ4v) is 2.43. The second-order valence-electron chi connectivity index (χ2n) is 5.16. The zero-order valence-electron chi connectivity index (χ0n) is 11.9. The van der Waals surface area contributed by atoms with Crippen molar-refractivity contribution in [3.8, 4) is 0 Å². The molecule has 0 aliphatic heterocycles. The monoisotopic (exact) mass is 291 g/mol. The number of fused-ring (bicyclic) bond motifs is 1. The molecule has 1 unspecified atom stereocenters. The molecule has 0 saturated heterocycles. The third kappa shape index (κ3) is 3.46. The largest absolute Gasteiger partial charge is 0.347 e. The lowest BCUT2D eigenvalue weighted by Gasteiger charge is -2.18. The van der Waals surface area contributed by atoms with Crippen molar-refractivity contribution in [1.82, 2.24) is 15.2 Å². The molecule has 0 bridgehead atoms. The number of hydrogen-bond donors (Lipinski definition) is 1. The smallest absolute Gasteiger partial charge is 0.270 e. The van der Waals surface area contributed by atoms with Crippen LogP contribution in [0.4, 0.5) is 0 Å². The highest BCUT2D eigenvalue weighted by atomic mass is 35.5. The second kappa shape index (κ2) is 6.20. The quantitative estimate of drug-likeness (QED) is 0.881. The van der Waals surface area contributed by atoms with Gasteiger partial charge in [-0.05, 0) is 32.5 Å². The van der Waals surface area contributed by atoms with Crippen molar-refractivity contribution in [2.24, 2.45) is 0 Å². The predicted octanol–water partition coefficient (Wildman–Crippen LogP) is 2.57. The van der Waals surface area contributed by atoms with Crippen molar-refractivity contribution in [1.29, 1.82) is 0 Å². The van der Waals surface area contributed by atoms with Gasteiger partial charge in [0.2, 0.25) is 0 Å². The Bertz CT molecular complexity index is 628. The molecule has 1 aromatic heterocycles. The van der Waals surface area contributed by atoms with E-state index in [1.807, 2.05) is 50.2 Å². The van der Waals surface area contributed by atoms with Gasteiger partial charge in [0.05, 0.1) is 0 Å². The standard InChI is InChI=1S/C15H18ClN3O/c1-10(9-19(2)3)17-15(20)13-8-11-6-4-5-7-12(11)14(16)18-13/h4-8,10H,9H2,1-3H3,(H,17,20). The summed E-state index contributed by atoms with van der Waals surface area (Å²) in [5, 5.41) is 5.04. The van der Waals surface area contributed by atoms with Crippen LogP contribution in [0.1, 0.15) is 17.4 Å². The van der Waals surface area contributed by atoms with Crippen molar-refractivity contribution in [2.45, 2.75) is 13.0 Å². The van der Waals surface area contributed by atoms with Gasteiger partial charge < -0.3 is 10.2 Å². The molecule has 20 heavy (non-hydrogen) atoms. The Morgan fingerprint density at radius 1 is 1.40 bits per heavy atom. The number of rotatable bonds is 4. The van der Waals surface area contributed by atoms with Gasteiger partial charge >= 0.3 is 0 Å². The van der Waals surface area contributed by atoms with Crippen LogP contribution in [-0.4, -0.2) is 42.5 Å². The maximum atomic E-state index is 12.2. The fourth-order valence-electron chi connectivity index (χ4n) is 2.16. The van der Waals surface area contributed by atoms with E-state index in [4.69, 9.17) is 11.6 Å². The lowest BCUT2D eigenvalue weighted by atomic mass is 10.1. The van der Waals surface area contributed by atoms with Crippen LogP contribution in [-0.2, 0) is 0 Å². The first-order valence-electron chi connectivity index (χ1n) is 6.48. The summed E-state index contributed by atoms with van der Waals surface area (Å²) in [5.41, 5.74) is 0.347. The van der Waals surface area contributed by atoms with Gasteiger partial charge in [-0.2, -0.15) is 0 Å². The minimum absolute atomic E-state index is 0.0459. The van der Waals surface area contributed by atoms with E-state index in [0.717, 1.165) is 17.3 Å². The molecule has 2 aromatic rings. The lowest BCUT2D eigenvalue weighted by Crippen LogP contribution is -2.39. The highest BCUT2D eigenvalue weighted by molar-refractivity contribution is 6.34. The van der Waals surface area contributed by atoms with Crippen LogP contribution >= 0.6 is 11.6 Å². The minimum atomic E-state index is -0.202. The summed E-state index contributed by atoms with van der Waals surface area (Å²) in [6, 6.07) is 9.43. The Labute approximate surface area is 123 Å². The zero-order valence-corrected chi connectivity index (χ0v) is 12.6. The van der Waals surface area contributed by atoms with E-state index in [2.05, 4.69) is 10.3 Å². The molecule has 0 fully saturated rings. The SMILES string of the molecule is CC(CN(C)C)NC(=O)c1cc2ccccc2c(Cl)n1. The van der Waals surface area contributed by atoms with Gasteiger partial charge in [0, 0.05) is 18.0 Å². The molecular formula is C15H18ClN3O. The first-order chi connectivity index (χ1) is 9.47. The summed E-state index contributed by atoms with van der Waals surface area (Å²) < 4.78 is 0. The number of pyridine rings is 1. The van der Waals surface area contributed by atoms with Gasteiger partial charge in [-0.15, -0.1) is 0 Å². The average molecular weight is 292 g/mol. The van der Waals surface area contributed by atoms with Crippen LogP contribution in [0.2, 0.25) is 5.15 Å².